The van der Waals surface area contributed by atoms with Crippen LogP contribution in [0.4, 0.5) is 0 Å². The molecule has 2 heterocycles. The molecule has 0 aromatic heterocycles. The number of thioether (sulfide) groups is 1. The quantitative estimate of drug-likeness (QED) is 0.645. The third kappa shape index (κ3) is 3.89. The fourth-order valence-electron chi connectivity index (χ4n) is 4.74. The van der Waals surface area contributed by atoms with E-state index in [9.17, 15) is 13.2 Å². The van der Waals surface area contributed by atoms with E-state index in [1.807, 2.05) is 11.8 Å². The molecule has 1 spiro atoms. The average molecular weight is 487 g/mol. The topological polar surface area (TPSA) is 57.7 Å². The van der Waals surface area contributed by atoms with Crippen LogP contribution >= 0.6 is 27.7 Å². The Bertz CT molecular complexity index is 814. The number of piperidine rings is 1. The van der Waals surface area contributed by atoms with Crippen LogP contribution in [0.5, 0.6) is 0 Å². The number of rotatable bonds is 3. The van der Waals surface area contributed by atoms with Gasteiger partial charge in [0.25, 0.3) is 0 Å². The zero-order chi connectivity index (χ0) is 19.8. The van der Waals surface area contributed by atoms with Gasteiger partial charge in [0.15, 0.2) is 0 Å². The summed E-state index contributed by atoms with van der Waals surface area (Å²) in [6, 6.07) is 6.81. The van der Waals surface area contributed by atoms with Gasteiger partial charge in [0.1, 0.15) is 0 Å². The first-order valence-electron chi connectivity index (χ1n) is 10.1. The summed E-state index contributed by atoms with van der Waals surface area (Å²) in [5, 5.41) is 0. The third-order valence-corrected chi connectivity index (χ3v) is 10.3. The van der Waals surface area contributed by atoms with Gasteiger partial charge in [0, 0.05) is 35.8 Å². The molecule has 28 heavy (non-hydrogen) atoms. The number of sulfonamides is 1. The zero-order valence-electron chi connectivity index (χ0n) is 16.0. The van der Waals surface area contributed by atoms with Gasteiger partial charge in [-0.05, 0) is 49.9 Å². The summed E-state index contributed by atoms with van der Waals surface area (Å²) in [5.74, 6) is 1.44. The molecular formula is C20H27BrN2O3S2. The summed E-state index contributed by atoms with van der Waals surface area (Å²) < 4.78 is 28.4. The first-order valence-corrected chi connectivity index (χ1v) is 13.4. The first-order chi connectivity index (χ1) is 13.4. The standard InChI is InChI=1S/C20H27BrN2O3S2/c21-17-6-8-18(9-7-17)28(25,26)22-12-10-20(11-13-22)23(14-15-27-20)19(24)16-4-2-1-3-5-16/h6-9,16H,1-5,10-15H2. The number of halogens is 1. The predicted octanol–water partition coefficient (Wildman–Crippen LogP) is 4.09. The third-order valence-electron chi connectivity index (χ3n) is 6.35. The lowest BCUT2D eigenvalue weighted by molar-refractivity contribution is -0.140. The Morgan fingerprint density at radius 2 is 1.68 bits per heavy atom. The Morgan fingerprint density at radius 3 is 2.32 bits per heavy atom. The van der Waals surface area contributed by atoms with E-state index in [-0.39, 0.29) is 10.8 Å². The van der Waals surface area contributed by atoms with Crippen LogP contribution in [0.15, 0.2) is 33.6 Å². The Balaban J connectivity index is 1.46. The van der Waals surface area contributed by atoms with Gasteiger partial charge in [0.05, 0.1) is 9.77 Å². The molecule has 0 atom stereocenters. The van der Waals surface area contributed by atoms with Crippen LogP contribution in [0.2, 0.25) is 0 Å². The number of benzene rings is 1. The molecule has 3 aliphatic rings. The number of carbonyl (C=O) groups is 1. The molecule has 0 N–H and O–H groups in total. The number of hydrogen-bond donors (Lipinski definition) is 0. The molecule has 154 valence electrons. The molecule has 0 radical (unpaired) electrons. The maximum absolute atomic E-state index is 13.2. The van der Waals surface area contributed by atoms with Crippen molar-refractivity contribution in [2.75, 3.05) is 25.4 Å². The van der Waals surface area contributed by atoms with Crippen molar-refractivity contribution in [3.63, 3.8) is 0 Å². The Hall–Kier alpha value is -0.570. The molecular weight excluding hydrogens is 460 g/mol. The van der Waals surface area contributed by atoms with Crippen LogP contribution in [0.25, 0.3) is 0 Å². The molecule has 2 saturated heterocycles. The van der Waals surface area contributed by atoms with Gasteiger partial charge in [-0.1, -0.05) is 35.2 Å². The molecule has 1 aromatic carbocycles. The van der Waals surface area contributed by atoms with Crippen molar-refractivity contribution in [2.24, 2.45) is 5.92 Å². The minimum absolute atomic E-state index is 0.175. The van der Waals surface area contributed by atoms with Gasteiger partial charge in [-0.2, -0.15) is 4.31 Å². The molecule has 0 bridgehead atoms. The molecule has 2 aliphatic heterocycles. The lowest BCUT2D eigenvalue weighted by Crippen LogP contribution is -2.54. The van der Waals surface area contributed by atoms with Gasteiger partial charge in [-0.15, -0.1) is 11.8 Å². The summed E-state index contributed by atoms with van der Waals surface area (Å²) in [6.45, 7) is 1.75. The van der Waals surface area contributed by atoms with E-state index in [1.165, 1.54) is 6.42 Å². The van der Waals surface area contributed by atoms with Gasteiger partial charge < -0.3 is 4.90 Å². The summed E-state index contributed by atoms with van der Waals surface area (Å²) in [6.07, 6.45) is 7.01. The van der Waals surface area contributed by atoms with Crippen molar-refractivity contribution in [2.45, 2.75) is 54.7 Å². The highest BCUT2D eigenvalue weighted by molar-refractivity contribution is 9.10. The van der Waals surface area contributed by atoms with E-state index < -0.39 is 10.0 Å². The smallest absolute Gasteiger partial charge is 0.243 e. The minimum atomic E-state index is -3.48. The number of carbonyl (C=O) groups excluding carboxylic acids is 1. The Kier molecular flexibility index (Phi) is 6.12. The molecule has 1 saturated carbocycles. The van der Waals surface area contributed by atoms with Gasteiger partial charge >= 0.3 is 0 Å². The second kappa shape index (κ2) is 8.28. The lowest BCUT2D eigenvalue weighted by Gasteiger charge is -2.44. The van der Waals surface area contributed by atoms with Gasteiger partial charge in [0.2, 0.25) is 15.9 Å². The second-order valence-corrected chi connectivity index (χ2v) is 12.3. The average Bonchev–Trinajstić information content (AvgIpc) is 3.11. The second-order valence-electron chi connectivity index (χ2n) is 7.98. The van der Waals surface area contributed by atoms with Crippen molar-refractivity contribution in [3.05, 3.63) is 28.7 Å². The molecule has 8 heteroatoms. The van der Waals surface area contributed by atoms with Crippen LogP contribution in [-0.2, 0) is 14.8 Å². The summed E-state index contributed by atoms with van der Waals surface area (Å²) >= 11 is 5.21. The van der Waals surface area contributed by atoms with Crippen LogP contribution in [0.1, 0.15) is 44.9 Å². The molecule has 0 unspecified atom stereocenters. The number of amides is 1. The normalized spacial score (nSPS) is 24.0. The first kappa shape index (κ1) is 20.7. The van der Waals surface area contributed by atoms with E-state index in [0.29, 0.717) is 36.7 Å². The van der Waals surface area contributed by atoms with Crippen molar-refractivity contribution in [3.8, 4) is 0 Å². The fourth-order valence-corrected chi connectivity index (χ4v) is 7.90. The molecule has 1 aliphatic carbocycles. The maximum Gasteiger partial charge on any atom is 0.243 e. The summed E-state index contributed by atoms with van der Waals surface area (Å²) in [4.78, 5) is 15.4. The summed E-state index contributed by atoms with van der Waals surface area (Å²) in [7, 11) is -3.48. The molecule has 3 fully saturated rings. The molecule has 5 nitrogen and oxygen atoms in total. The maximum atomic E-state index is 13.2. The van der Waals surface area contributed by atoms with Crippen molar-refractivity contribution >= 4 is 43.6 Å². The van der Waals surface area contributed by atoms with E-state index in [1.54, 1.807) is 28.6 Å². The van der Waals surface area contributed by atoms with Crippen molar-refractivity contribution < 1.29 is 13.2 Å². The predicted molar refractivity (Wildman–Crippen MR) is 116 cm³/mol. The minimum Gasteiger partial charge on any atom is -0.327 e. The fraction of sp³-hybridized carbons (Fsp3) is 0.650. The van der Waals surface area contributed by atoms with E-state index in [2.05, 4.69) is 20.8 Å². The highest BCUT2D eigenvalue weighted by atomic mass is 79.9. The van der Waals surface area contributed by atoms with Crippen LogP contribution in [-0.4, -0.2) is 53.8 Å². The van der Waals surface area contributed by atoms with Crippen LogP contribution in [0.3, 0.4) is 0 Å². The van der Waals surface area contributed by atoms with E-state index in [0.717, 1.165) is 42.5 Å². The van der Waals surface area contributed by atoms with E-state index in [4.69, 9.17) is 0 Å². The van der Waals surface area contributed by atoms with Crippen LogP contribution in [0, 0.1) is 5.92 Å². The Labute approximate surface area is 180 Å². The zero-order valence-corrected chi connectivity index (χ0v) is 19.2. The van der Waals surface area contributed by atoms with Crippen LogP contribution < -0.4 is 0 Å². The van der Waals surface area contributed by atoms with Crippen molar-refractivity contribution in [1.29, 1.82) is 0 Å². The van der Waals surface area contributed by atoms with Gasteiger partial charge in [-0.3, -0.25) is 4.79 Å². The van der Waals surface area contributed by atoms with Crippen molar-refractivity contribution in [1.82, 2.24) is 9.21 Å². The molecule has 4 rings (SSSR count). The monoisotopic (exact) mass is 486 g/mol. The molecule has 1 amide bonds. The Morgan fingerprint density at radius 1 is 1.04 bits per heavy atom. The summed E-state index contributed by atoms with van der Waals surface area (Å²) in [5.41, 5.74) is 0. The highest BCUT2D eigenvalue weighted by Crippen LogP contribution is 2.46. The van der Waals surface area contributed by atoms with E-state index >= 15 is 0 Å². The number of hydrogen-bond acceptors (Lipinski definition) is 4. The SMILES string of the molecule is O=C(C1CCCCC1)N1CCSC12CCN(S(=O)(=O)c1ccc(Br)cc1)CC2. The van der Waals surface area contributed by atoms with Gasteiger partial charge in [-0.25, -0.2) is 8.42 Å². The molecule has 1 aromatic rings. The number of nitrogens with zero attached hydrogens (tertiary/aromatic N) is 2. The lowest BCUT2D eigenvalue weighted by atomic mass is 9.87. The highest BCUT2D eigenvalue weighted by Gasteiger charge is 2.49. The largest absolute Gasteiger partial charge is 0.327 e.